The van der Waals surface area contributed by atoms with E-state index in [0.717, 1.165) is 25.8 Å². The van der Waals surface area contributed by atoms with Crippen LogP contribution in [0.2, 0.25) is 0 Å². The van der Waals surface area contributed by atoms with E-state index >= 15 is 0 Å². The first kappa shape index (κ1) is 19.4. The zero-order valence-electron chi connectivity index (χ0n) is 15.1. The van der Waals surface area contributed by atoms with Crippen molar-refractivity contribution in [2.75, 3.05) is 23.8 Å². The maximum Gasteiger partial charge on any atom is 0.338 e. The van der Waals surface area contributed by atoms with Crippen molar-refractivity contribution < 1.29 is 14.3 Å². The summed E-state index contributed by atoms with van der Waals surface area (Å²) in [5.74, 6) is -0.105. The standard InChI is InChI=1S/C19H24N4O3/c1-3-5-6-11-20-17-12-16(21-13-22-17)18(24)23-15-9-7-14(8-10-15)19(25)26-4-2/h7-10,12-13H,3-6,11H2,1-2H3,(H,23,24)(H,20,21,22). The van der Waals surface area contributed by atoms with E-state index in [9.17, 15) is 9.59 Å². The summed E-state index contributed by atoms with van der Waals surface area (Å²) in [5.41, 5.74) is 1.28. The van der Waals surface area contributed by atoms with Crippen molar-refractivity contribution in [1.29, 1.82) is 0 Å². The Bertz CT molecular complexity index is 732. The molecule has 1 amide bonds. The number of hydrogen-bond acceptors (Lipinski definition) is 6. The van der Waals surface area contributed by atoms with Crippen LogP contribution in [0, 0.1) is 0 Å². The van der Waals surface area contributed by atoms with Gasteiger partial charge in [-0.25, -0.2) is 14.8 Å². The maximum absolute atomic E-state index is 12.3. The number of nitrogens with one attached hydrogen (secondary N) is 2. The van der Waals surface area contributed by atoms with Gasteiger partial charge in [0.15, 0.2) is 0 Å². The number of nitrogens with zero attached hydrogens (tertiary/aromatic N) is 2. The van der Waals surface area contributed by atoms with E-state index < -0.39 is 0 Å². The lowest BCUT2D eigenvalue weighted by molar-refractivity contribution is 0.0526. The highest BCUT2D eigenvalue weighted by Crippen LogP contribution is 2.13. The van der Waals surface area contributed by atoms with Crippen LogP contribution in [0.4, 0.5) is 11.5 Å². The van der Waals surface area contributed by atoms with Gasteiger partial charge in [-0.1, -0.05) is 19.8 Å². The molecular formula is C19H24N4O3. The third-order valence-corrected chi connectivity index (χ3v) is 3.64. The molecule has 2 aromatic rings. The third-order valence-electron chi connectivity index (χ3n) is 3.64. The van der Waals surface area contributed by atoms with Crippen LogP contribution in [-0.4, -0.2) is 35.0 Å². The lowest BCUT2D eigenvalue weighted by Gasteiger charge is -2.08. The van der Waals surface area contributed by atoms with Crippen LogP contribution in [0.5, 0.6) is 0 Å². The molecule has 0 saturated carbocycles. The van der Waals surface area contributed by atoms with Gasteiger partial charge in [-0.05, 0) is 37.6 Å². The number of aromatic nitrogens is 2. The Kier molecular flexibility index (Phi) is 7.54. The molecular weight excluding hydrogens is 332 g/mol. The smallest absolute Gasteiger partial charge is 0.338 e. The minimum absolute atomic E-state index is 0.271. The van der Waals surface area contributed by atoms with E-state index in [-0.39, 0.29) is 17.6 Å². The zero-order valence-corrected chi connectivity index (χ0v) is 15.1. The van der Waals surface area contributed by atoms with Gasteiger partial charge in [-0.3, -0.25) is 4.79 Å². The fourth-order valence-corrected chi connectivity index (χ4v) is 2.27. The first-order valence-corrected chi connectivity index (χ1v) is 8.78. The molecule has 0 aliphatic carbocycles. The Morgan fingerprint density at radius 1 is 1.08 bits per heavy atom. The Hall–Kier alpha value is -2.96. The van der Waals surface area contributed by atoms with E-state index in [1.807, 2.05) is 0 Å². The average Bonchev–Trinajstić information content (AvgIpc) is 2.66. The van der Waals surface area contributed by atoms with Gasteiger partial charge in [0, 0.05) is 18.3 Å². The van der Waals surface area contributed by atoms with Gasteiger partial charge in [0.2, 0.25) is 0 Å². The second kappa shape index (κ2) is 10.1. The molecule has 0 aliphatic heterocycles. The molecule has 0 unspecified atom stereocenters. The summed E-state index contributed by atoms with van der Waals surface area (Å²) in [6, 6.07) is 8.13. The third kappa shape index (κ3) is 5.84. The fraction of sp³-hybridized carbons (Fsp3) is 0.368. The van der Waals surface area contributed by atoms with Gasteiger partial charge in [-0.15, -0.1) is 0 Å². The molecule has 7 nitrogen and oxygen atoms in total. The molecule has 0 fully saturated rings. The second-order valence-corrected chi connectivity index (χ2v) is 5.67. The number of hydrogen-bond donors (Lipinski definition) is 2. The van der Waals surface area contributed by atoms with Crippen molar-refractivity contribution in [3.8, 4) is 0 Å². The number of rotatable bonds is 9. The van der Waals surface area contributed by atoms with Gasteiger partial charge < -0.3 is 15.4 Å². The van der Waals surface area contributed by atoms with Gasteiger partial charge in [0.1, 0.15) is 17.8 Å². The van der Waals surface area contributed by atoms with Crippen LogP contribution in [0.25, 0.3) is 0 Å². The molecule has 26 heavy (non-hydrogen) atoms. The first-order chi connectivity index (χ1) is 12.6. The maximum atomic E-state index is 12.3. The fourth-order valence-electron chi connectivity index (χ4n) is 2.27. The quantitative estimate of drug-likeness (QED) is 0.527. The number of amides is 1. The van der Waals surface area contributed by atoms with E-state index in [2.05, 4.69) is 27.5 Å². The van der Waals surface area contributed by atoms with E-state index in [1.54, 1.807) is 37.3 Å². The van der Waals surface area contributed by atoms with Crippen molar-refractivity contribution in [3.63, 3.8) is 0 Å². The summed E-state index contributed by atoms with van der Waals surface area (Å²) in [6.07, 6.45) is 4.71. The molecule has 138 valence electrons. The minimum Gasteiger partial charge on any atom is -0.462 e. The van der Waals surface area contributed by atoms with Crippen molar-refractivity contribution in [3.05, 3.63) is 47.9 Å². The molecule has 0 atom stereocenters. The summed E-state index contributed by atoms with van der Waals surface area (Å²) < 4.78 is 4.93. The molecule has 2 rings (SSSR count). The number of benzene rings is 1. The number of ether oxygens (including phenoxy) is 1. The summed E-state index contributed by atoms with van der Waals surface area (Å²) in [6.45, 7) is 5.02. The molecule has 2 N–H and O–H groups in total. The second-order valence-electron chi connectivity index (χ2n) is 5.67. The summed E-state index contributed by atoms with van der Waals surface area (Å²) in [5, 5.41) is 5.94. The molecule has 1 heterocycles. The van der Waals surface area contributed by atoms with Crippen LogP contribution < -0.4 is 10.6 Å². The van der Waals surface area contributed by atoms with Gasteiger partial charge in [0.05, 0.1) is 12.2 Å². The van der Waals surface area contributed by atoms with Crippen LogP contribution in [0.1, 0.15) is 54.0 Å². The predicted molar refractivity (Wildman–Crippen MR) is 100 cm³/mol. The Labute approximate surface area is 153 Å². The number of esters is 1. The minimum atomic E-state index is -0.389. The van der Waals surface area contributed by atoms with Crippen molar-refractivity contribution in [2.24, 2.45) is 0 Å². The Balaban J connectivity index is 1.95. The van der Waals surface area contributed by atoms with Crippen molar-refractivity contribution >= 4 is 23.4 Å². The highest BCUT2D eigenvalue weighted by Gasteiger charge is 2.10. The predicted octanol–water partition coefficient (Wildman–Crippen LogP) is 3.51. The molecule has 1 aromatic heterocycles. The van der Waals surface area contributed by atoms with E-state index in [1.165, 1.54) is 6.33 Å². The molecule has 0 bridgehead atoms. The summed E-state index contributed by atoms with van der Waals surface area (Å²) in [4.78, 5) is 32.1. The first-order valence-electron chi connectivity index (χ1n) is 8.78. The highest BCUT2D eigenvalue weighted by molar-refractivity contribution is 6.03. The Morgan fingerprint density at radius 3 is 2.54 bits per heavy atom. The van der Waals surface area contributed by atoms with Crippen LogP contribution in [0.3, 0.4) is 0 Å². The number of unbranched alkanes of at least 4 members (excludes halogenated alkanes) is 2. The Morgan fingerprint density at radius 2 is 1.85 bits per heavy atom. The highest BCUT2D eigenvalue weighted by atomic mass is 16.5. The summed E-state index contributed by atoms with van der Waals surface area (Å²) in [7, 11) is 0. The largest absolute Gasteiger partial charge is 0.462 e. The molecule has 0 spiro atoms. The zero-order chi connectivity index (χ0) is 18.8. The van der Waals surface area contributed by atoms with Crippen molar-refractivity contribution in [2.45, 2.75) is 33.1 Å². The lowest BCUT2D eigenvalue weighted by atomic mass is 10.2. The monoisotopic (exact) mass is 356 g/mol. The number of anilines is 2. The molecule has 0 saturated heterocycles. The number of carbonyl (C=O) groups is 2. The number of carbonyl (C=O) groups excluding carboxylic acids is 2. The summed E-state index contributed by atoms with van der Waals surface area (Å²) >= 11 is 0. The normalized spacial score (nSPS) is 10.2. The molecule has 0 radical (unpaired) electrons. The lowest BCUT2D eigenvalue weighted by Crippen LogP contribution is -2.15. The van der Waals surface area contributed by atoms with Crippen LogP contribution in [-0.2, 0) is 4.74 Å². The van der Waals surface area contributed by atoms with Crippen LogP contribution >= 0.6 is 0 Å². The average molecular weight is 356 g/mol. The van der Waals surface area contributed by atoms with E-state index in [4.69, 9.17) is 4.74 Å². The molecule has 1 aromatic carbocycles. The SMILES string of the molecule is CCCCCNc1cc(C(=O)Nc2ccc(C(=O)OCC)cc2)ncn1. The van der Waals surface area contributed by atoms with Gasteiger partial charge >= 0.3 is 5.97 Å². The topological polar surface area (TPSA) is 93.2 Å². The van der Waals surface area contributed by atoms with Gasteiger partial charge in [0.25, 0.3) is 5.91 Å². The molecule has 7 heteroatoms. The van der Waals surface area contributed by atoms with Crippen molar-refractivity contribution in [1.82, 2.24) is 9.97 Å². The van der Waals surface area contributed by atoms with Crippen LogP contribution in [0.15, 0.2) is 36.7 Å². The van der Waals surface area contributed by atoms with Gasteiger partial charge in [-0.2, -0.15) is 0 Å². The molecule has 0 aliphatic rings. The van der Waals surface area contributed by atoms with E-state index in [0.29, 0.717) is 23.7 Å².